The predicted octanol–water partition coefficient (Wildman–Crippen LogP) is 1.99. The standard InChI is InChI=1S/C21H26N2O8/c1-10-17(30-20(27)22-5)16(25)19(31-21(10,3)4)28-13-7-6-12-8-14(23-11(2)24)18(26)29-15(12)9-13/h6-10,16-17,19,25H,1-5H3,(H,22,27)(H,23,24)/t10-,16+,17-,19?/m1/s1. The Morgan fingerprint density at radius 3 is 2.58 bits per heavy atom. The lowest BCUT2D eigenvalue weighted by atomic mass is 9.82. The van der Waals surface area contributed by atoms with E-state index in [9.17, 15) is 19.5 Å². The number of hydrogen-bond donors (Lipinski definition) is 3. The third kappa shape index (κ3) is 4.80. The van der Waals surface area contributed by atoms with Gasteiger partial charge in [-0.3, -0.25) is 4.79 Å². The lowest BCUT2D eigenvalue weighted by Crippen LogP contribution is -2.61. The molecule has 31 heavy (non-hydrogen) atoms. The highest BCUT2D eigenvalue weighted by molar-refractivity contribution is 5.91. The normalized spacial score (nSPS) is 25.0. The van der Waals surface area contributed by atoms with Crippen molar-refractivity contribution in [3.05, 3.63) is 34.7 Å². The molecule has 1 fully saturated rings. The van der Waals surface area contributed by atoms with Gasteiger partial charge < -0.3 is 34.4 Å². The molecule has 4 atom stereocenters. The lowest BCUT2D eigenvalue weighted by molar-refractivity contribution is -0.284. The summed E-state index contributed by atoms with van der Waals surface area (Å²) in [6, 6.07) is 6.22. The molecule has 1 aromatic carbocycles. The van der Waals surface area contributed by atoms with Crippen LogP contribution < -0.4 is 21.0 Å². The van der Waals surface area contributed by atoms with E-state index in [-0.39, 0.29) is 28.8 Å². The number of alkyl carbamates (subject to hydrolysis) is 1. The van der Waals surface area contributed by atoms with Gasteiger partial charge in [0.15, 0.2) is 6.10 Å². The van der Waals surface area contributed by atoms with Crippen LogP contribution in [-0.2, 0) is 14.3 Å². The van der Waals surface area contributed by atoms with Gasteiger partial charge in [0.25, 0.3) is 0 Å². The zero-order valence-corrected chi connectivity index (χ0v) is 17.9. The smallest absolute Gasteiger partial charge is 0.407 e. The first kappa shape index (κ1) is 22.6. The van der Waals surface area contributed by atoms with Crippen LogP contribution in [0.1, 0.15) is 27.7 Å². The molecule has 1 aliphatic rings. The number of ether oxygens (including phenoxy) is 3. The maximum atomic E-state index is 12.1. The molecule has 2 amide bonds. The molecule has 0 aliphatic carbocycles. The molecule has 3 N–H and O–H groups in total. The van der Waals surface area contributed by atoms with Crippen LogP contribution in [0.3, 0.4) is 0 Å². The fourth-order valence-electron chi connectivity index (χ4n) is 3.35. The number of anilines is 1. The molecule has 10 heteroatoms. The first-order chi connectivity index (χ1) is 14.5. The first-order valence-electron chi connectivity index (χ1n) is 9.78. The largest absolute Gasteiger partial charge is 0.462 e. The Labute approximate surface area is 178 Å². The summed E-state index contributed by atoms with van der Waals surface area (Å²) >= 11 is 0. The van der Waals surface area contributed by atoms with Crippen LogP contribution >= 0.6 is 0 Å². The van der Waals surface area contributed by atoms with E-state index in [2.05, 4.69) is 10.6 Å². The van der Waals surface area contributed by atoms with E-state index in [0.717, 1.165) is 0 Å². The van der Waals surface area contributed by atoms with Crippen LogP contribution in [0.5, 0.6) is 5.75 Å². The predicted molar refractivity (Wildman–Crippen MR) is 111 cm³/mol. The molecule has 10 nitrogen and oxygen atoms in total. The topological polar surface area (TPSA) is 136 Å². The van der Waals surface area contributed by atoms with Gasteiger partial charge in [-0.25, -0.2) is 9.59 Å². The Hall–Kier alpha value is -3.11. The average molecular weight is 434 g/mol. The van der Waals surface area contributed by atoms with Gasteiger partial charge in [0, 0.05) is 31.3 Å². The number of benzene rings is 1. The van der Waals surface area contributed by atoms with Gasteiger partial charge in [0.1, 0.15) is 23.1 Å². The second-order valence-corrected chi connectivity index (χ2v) is 7.94. The molecule has 1 unspecified atom stereocenters. The molecule has 2 aromatic rings. The van der Waals surface area contributed by atoms with Crippen molar-refractivity contribution in [2.75, 3.05) is 12.4 Å². The highest BCUT2D eigenvalue weighted by Crippen LogP contribution is 2.37. The number of nitrogens with one attached hydrogen (secondary N) is 2. The first-order valence-corrected chi connectivity index (χ1v) is 9.78. The molecule has 1 saturated heterocycles. The number of carbonyl (C=O) groups is 2. The summed E-state index contributed by atoms with van der Waals surface area (Å²) in [6.07, 6.45) is -3.93. The van der Waals surface area contributed by atoms with Gasteiger partial charge in [-0.2, -0.15) is 0 Å². The quantitative estimate of drug-likeness (QED) is 0.622. The van der Waals surface area contributed by atoms with Crippen molar-refractivity contribution in [2.45, 2.75) is 51.8 Å². The van der Waals surface area contributed by atoms with Gasteiger partial charge in [-0.15, -0.1) is 0 Å². The van der Waals surface area contributed by atoms with Crippen molar-refractivity contribution >= 4 is 28.7 Å². The Morgan fingerprint density at radius 2 is 1.94 bits per heavy atom. The maximum Gasteiger partial charge on any atom is 0.407 e. The van der Waals surface area contributed by atoms with Crippen molar-refractivity contribution in [2.24, 2.45) is 5.92 Å². The van der Waals surface area contributed by atoms with E-state index in [0.29, 0.717) is 5.39 Å². The highest BCUT2D eigenvalue weighted by Gasteiger charge is 2.50. The molecule has 0 bridgehead atoms. The summed E-state index contributed by atoms with van der Waals surface area (Å²) in [4.78, 5) is 35.0. The summed E-state index contributed by atoms with van der Waals surface area (Å²) in [5, 5.41) is 16.1. The van der Waals surface area contributed by atoms with E-state index >= 15 is 0 Å². The second kappa shape index (κ2) is 8.56. The van der Waals surface area contributed by atoms with E-state index in [1.54, 1.807) is 12.1 Å². The van der Waals surface area contributed by atoms with Crippen molar-refractivity contribution in [3.63, 3.8) is 0 Å². The molecule has 0 saturated carbocycles. The van der Waals surface area contributed by atoms with Crippen molar-refractivity contribution in [1.29, 1.82) is 0 Å². The third-order valence-corrected chi connectivity index (χ3v) is 5.34. The summed E-state index contributed by atoms with van der Waals surface area (Å²) in [7, 11) is 1.43. The van der Waals surface area contributed by atoms with E-state index in [1.165, 1.54) is 26.1 Å². The Bertz CT molecular complexity index is 1050. The average Bonchev–Trinajstić information content (AvgIpc) is 2.69. The number of fused-ring (bicyclic) bond motifs is 1. The molecular weight excluding hydrogens is 408 g/mol. The number of hydrogen-bond acceptors (Lipinski definition) is 8. The highest BCUT2D eigenvalue weighted by atomic mass is 16.7. The summed E-state index contributed by atoms with van der Waals surface area (Å²) in [5.41, 5.74) is -1.21. The van der Waals surface area contributed by atoms with Crippen LogP contribution in [0.15, 0.2) is 33.5 Å². The second-order valence-electron chi connectivity index (χ2n) is 7.94. The van der Waals surface area contributed by atoms with Crippen LogP contribution in [-0.4, -0.2) is 48.3 Å². The fourth-order valence-corrected chi connectivity index (χ4v) is 3.35. The summed E-state index contributed by atoms with van der Waals surface area (Å²) in [5.74, 6) is -0.432. The lowest BCUT2D eigenvalue weighted by Gasteiger charge is -2.47. The summed E-state index contributed by atoms with van der Waals surface area (Å²) in [6.45, 7) is 6.72. The van der Waals surface area contributed by atoms with Gasteiger partial charge in [0.2, 0.25) is 12.2 Å². The molecule has 168 valence electrons. The van der Waals surface area contributed by atoms with E-state index in [4.69, 9.17) is 18.6 Å². The minimum atomic E-state index is -1.26. The number of rotatable bonds is 4. The van der Waals surface area contributed by atoms with Crippen molar-refractivity contribution in [1.82, 2.24) is 5.32 Å². The van der Waals surface area contributed by atoms with Gasteiger partial charge in [-0.05, 0) is 32.0 Å². The van der Waals surface area contributed by atoms with Gasteiger partial charge in [0.05, 0.1) is 5.60 Å². The van der Waals surface area contributed by atoms with Crippen LogP contribution in [0, 0.1) is 5.92 Å². The Kier molecular flexibility index (Phi) is 6.23. The molecule has 1 aromatic heterocycles. The minimum absolute atomic E-state index is 0.0321. The SMILES string of the molecule is CNC(=O)O[C@H]1[C@H](O)C(Oc2ccc3cc(NC(C)=O)c(=O)oc3c2)OC(C)(C)[C@@H]1C. The molecule has 1 aliphatic heterocycles. The number of aliphatic hydroxyl groups is 1. The van der Waals surface area contributed by atoms with Gasteiger partial charge in [-0.1, -0.05) is 6.92 Å². The number of aliphatic hydroxyl groups excluding tert-OH is 1. The minimum Gasteiger partial charge on any atom is -0.462 e. The fraction of sp³-hybridized carbons (Fsp3) is 0.476. The van der Waals surface area contributed by atoms with Crippen molar-refractivity contribution < 1.29 is 33.3 Å². The molecule has 0 spiro atoms. The van der Waals surface area contributed by atoms with Crippen LogP contribution in [0.2, 0.25) is 0 Å². The van der Waals surface area contributed by atoms with Crippen LogP contribution in [0.25, 0.3) is 11.0 Å². The molecule has 3 rings (SSSR count). The monoisotopic (exact) mass is 434 g/mol. The third-order valence-electron chi connectivity index (χ3n) is 5.34. The number of amides is 2. The maximum absolute atomic E-state index is 12.1. The zero-order valence-electron chi connectivity index (χ0n) is 17.9. The van der Waals surface area contributed by atoms with Gasteiger partial charge >= 0.3 is 11.7 Å². The molecule has 0 radical (unpaired) electrons. The summed E-state index contributed by atoms with van der Waals surface area (Å²) < 4.78 is 22.4. The zero-order chi connectivity index (χ0) is 22.9. The molecular formula is C21H26N2O8. The number of carbonyl (C=O) groups excluding carboxylic acids is 2. The molecule has 2 heterocycles. The Morgan fingerprint density at radius 1 is 1.23 bits per heavy atom. The van der Waals surface area contributed by atoms with Crippen molar-refractivity contribution in [3.8, 4) is 5.75 Å². The van der Waals surface area contributed by atoms with Crippen LogP contribution in [0.4, 0.5) is 10.5 Å². The Balaban J connectivity index is 1.86. The van der Waals surface area contributed by atoms with E-state index in [1.807, 2.05) is 20.8 Å². The van der Waals surface area contributed by atoms with E-state index < -0.39 is 35.8 Å².